The van der Waals surface area contributed by atoms with Gasteiger partial charge in [0.25, 0.3) is 0 Å². The number of hydrogen-bond donors (Lipinski definition) is 1. The SMILES string of the molecule is CCC[C@@H](NC(=O)CCCC(=O)c1ccc(F)cc1)c1ccccc1. The van der Waals surface area contributed by atoms with Crippen molar-refractivity contribution in [2.45, 2.75) is 45.1 Å². The second kappa shape index (κ2) is 9.72. The third-order valence-corrected chi connectivity index (χ3v) is 4.09. The quantitative estimate of drug-likeness (QED) is 0.664. The summed E-state index contributed by atoms with van der Waals surface area (Å²) in [5.41, 5.74) is 1.58. The van der Waals surface area contributed by atoms with Gasteiger partial charge in [0.1, 0.15) is 5.82 Å². The number of Topliss-reactive ketones (excluding diaryl/α,β-unsaturated/α-hetero) is 1. The van der Waals surface area contributed by atoms with E-state index in [0.29, 0.717) is 18.4 Å². The van der Waals surface area contributed by atoms with Crippen molar-refractivity contribution in [1.82, 2.24) is 5.32 Å². The minimum atomic E-state index is -0.362. The van der Waals surface area contributed by atoms with Crippen molar-refractivity contribution >= 4 is 11.7 Å². The third kappa shape index (κ3) is 6.14. The third-order valence-electron chi connectivity index (χ3n) is 4.09. The van der Waals surface area contributed by atoms with E-state index in [-0.39, 0.29) is 30.0 Å². The van der Waals surface area contributed by atoms with Crippen LogP contribution in [-0.2, 0) is 4.79 Å². The summed E-state index contributed by atoms with van der Waals surface area (Å²) in [6.45, 7) is 2.09. The summed E-state index contributed by atoms with van der Waals surface area (Å²) < 4.78 is 12.9. The van der Waals surface area contributed by atoms with Crippen molar-refractivity contribution in [2.75, 3.05) is 0 Å². The van der Waals surface area contributed by atoms with Crippen LogP contribution in [0.4, 0.5) is 4.39 Å². The molecule has 0 aliphatic rings. The highest BCUT2D eigenvalue weighted by Crippen LogP contribution is 2.18. The lowest BCUT2D eigenvalue weighted by molar-refractivity contribution is -0.122. The van der Waals surface area contributed by atoms with Crippen LogP contribution in [0, 0.1) is 5.82 Å². The number of benzene rings is 2. The van der Waals surface area contributed by atoms with E-state index in [2.05, 4.69) is 12.2 Å². The number of ketones is 1. The van der Waals surface area contributed by atoms with E-state index in [1.807, 2.05) is 30.3 Å². The number of amides is 1. The first-order chi connectivity index (χ1) is 12.1. The summed E-state index contributed by atoms with van der Waals surface area (Å²) in [5, 5.41) is 3.06. The van der Waals surface area contributed by atoms with Gasteiger partial charge in [0, 0.05) is 18.4 Å². The molecule has 0 aliphatic heterocycles. The topological polar surface area (TPSA) is 46.2 Å². The fourth-order valence-electron chi connectivity index (χ4n) is 2.75. The number of rotatable bonds is 9. The van der Waals surface area contributed by atoms with Crippen molar-refractivity contribution in [3.63, 3.8) is 0 Å². The van der Waals surface area contributed by atoms with Gasteiger partial charge in [-0.15, -0.1) is 0 Å². The largest absolute Gasteiger partial charge is 0.349 e. The van der Waals surface area contributed by atoms with E-state index in [0.717, 1.165) is 18.4 Å². The van der Waals surface area contributed by atoms with Crippen LogP contribution < -0.4 is 5.32 Å². The molecule has 4 heteroatoms. The molecule has 1 amide bonds. The van der Waals surface area contributed by atoms with Crippen LogP contribution in [0.15, 0.2) is 54.6 Å². The maximum Gasteiger partial charge on any atom is 0.220 e. The average Bonchev–Trinajstić information content (AvgIpc) is 2.62. The number of carbonyl (C=O) groups excluding carboxylic acids is 2. The van der Waals surface area contributed by atoms with Crippen LogP contribution in [0.25, 0.3) is 0 Å². The van der Waals surface area contributed by atoms with Crippen LogP contribution in [0.1, 0.15) is 61.0 Å². The lowest BCUT2D eigenvalue weighted by Crippen LogP contribution is -2.28. The molecule has 0 heterocycles. The van der Waals surface area contributed by atoms with Gasteiger partial charge in [-0.25, -0.2) is 4.39 Å². The van der Waals surface area contributed by atoms with E-state index in [1.165, 1.54) is 24.3 Å². The zero-order chi connectivity index (χ0) is 18.1. The Morgan fingerprint density at radius 1 is 1.00 bits per heavy atom. The van der Waals surface area contributed by atoms with Crippen LogP contribution in [-0.4, -0.2) is 11.7 Å². The summed E-state index contributed by atoms with van der Waals surface area (Å²) in [6.07, 6.45) is 2.92. The minimum Gasteiger partial charge on any atom is -0.349 e. The standard InChI is InChI=1S/C21H24FNO2/c1-2-7-19(16-8-4-3-5-9-16)23-21(25)11-6-10-20(24)17-12-14-18(22)15-13-17/h3-5,8-9,12-15,19H,2,6-7,10-11H2,1H3,(H,23,25)/t19-/m1/s1. The highest BCUT2D eigenvalue weighted by Gasteiger charge is 2.14. The fraction of sp³-hybridized carbons (Fsp3) is 0.333. The van der Waals surface area contributed by atoms with Crippen LogP contribution in [0.2, 0.25) is 0 Å². The molecule has 2 aromatic rings. The first-order valence-corrected chi connectivity index (χ1v) is 8.73. The fourth-order valence-corrected chi connectivity index (χ4v) is 2.75. The molecule has 3 nitrogen and oxygen atoms in total. The molecule has 1 N–H and O–H groups in total. The van der Waals surface area contributed by atoms with Gasteiger partial charge in [-0.2, -0.15) is 0 Å². The maximum absolute atomic E-state index is 12.9. The minimum absolute atomic E-state index is 0.00602. The normalized spacial score (nSPS) is 11.8. The Morgan fingerprint density at radius 2 is 1.68 bits per heavy atom. The smallest absolute Gasteiger partial charge is 0.220 e. The summed E-state index contributed by atoms with van der Waals surface area (Å²) in [7, 11) is 0. The maximum atomic E-state index is 12.9. The molecule has 132 valence electrons. The van der Waals surface area contributed by atoms with Crippen LogP contribution in [0.5, 0.6) is 0 Å². The van der Waals surface area contributed by atoms with Crippen LogP contribution in [0.3, 0.4) is 0 Å². The summed E-state index contributed by atoms with van der Waals surface area (Å²) >= 11 is 0. The molecule has 0 spiro atoms. The first kappa shape index (κ1) is 18.8. The molecule has 0 radical (unpaired) electrons. The van der Waals surface area contributed by atoms with Gasteiger partial charge in [0.2, 0.25) is 5.91 Å². The molecule has 0 bridgehead atoms. The van der Waals surface area contributed by atoms with Gasteiger partial charge in [0.05, 0.1) is 6.04 Å². The highest BCUT2D eigenvalue weighted by molar-refractivity contribution is 5.96. The Morgan fingerprint density at radius 3 is 2.32 bits per heavy atom. The number of halogens is 1. The number of carbonyl (C=O) groups is 2. The van der Waals surface area contributed by atoms with Crippen molar-refractivity contribution in [2.24, 2.45) is 0 Å². The zero-order valence-corrected chi connectivity index (χ0v) is 14.5. The van der Waals surface area contributed by atoms with E-state index in [9.17, 15) is 14.0 Å². The summed E-state index contributed by atoms with van der Waals surface area (Å²) in [4.78, 5) is 24.2. The van der Waals surface area contributed by atoms with Crippen molar-refractivity contribution in [3.05, 3.63) is 71.5 Å². The second-order valence-electron chi connectivity index (χ2n) is 6.10. The highest BCUT2D eigenvalue weighted by atomic mass is 19.1. The molecule has 0 saturated heterocycles. The molecule has 0 unspecified atom stereocenters. The average molecular weight is 341 g/mol. The predicted molar refractivity (Wildman–Crippen MR) is 96.8 cm³/mol. The van der Waals surface area contributed by atoms with Gasteiger partial charge in [0.15, 0.2) is 5.78 Å². The van der Waals surface area contributed by atoms with E-state index in [4.69, 9.17) is 0 Å². The predicted octanol–water partition coefficient (Wildman–Crippen LogP) is 4.84. The number of nitrogens with one attached hydrogen (secondary N) is 1. The number of hydrogen-bond acceptors (Lipinski definition) is 2. The van der Waals surface area contributed by atoms with Crippen molar-refractivity contribution < 1.29 is 14.0 Å². The first-order valence-electron chi connectivity index (χ1n) is 8.73. The van der Waals surface area contributed by atoms with Gasteiger partial charge in [-0.3, -0.25) is 9.59 Å². The molecule has 0 aliphatic carbocycles. The van der Waals surface area contributed by atoms with Crippen molar-refractivity contribution in [3.8, 4) is 0 Å². The molecule has 0 saturated carbocycles. The van der Waals surface area contributed by atoms with Gasteiger partial charge in [-0.1, -0.05) is 43.7 Å². The Balaban J connectivity index is 1.81. The molecule has 2 rings (SSSR count). The van der Waals surface area contributed by atoms with E-state index in [1.54, 1.807) is 0 Å². The van der Waals surface area contributed by atoms with Gasteiger partial charge in [-0.05, 0) is 42.7 Å². The Bertz CT molecular complexity index is 683. The Hall–Kier alpha value is -2.49. The Labute approximate surface area is 148 Å². The molecular formula is C21H24FNO2. The zero-order valence-electron chi connectivity index (χ0n) is 14.5. The second-order valence-corrected chi connectivity index (χ2v) is 6.10. The molecule has 2 aromatic carbocycles. The van der Waals surface area contributed by atoms with Gasteiger partial charge >= 0.3 is 0 Å². The van der Waals surface area contributed by atoms with E-state index >= 15 is 0 Å². The van der Waals surface area contributed by atoms with Gasteiger partial charge < -0.3 is 5.32 Å². The summed E-state index contributed by atoms with van der Waals surface area (Å²) in [6, 6.07) is 15.4. The molecule has 25 heavy (non-hydrogen) atoms. The molecular weight excluding hydrogens is 317 g/mol. The molecule has 1 atom stereocenters. The molecule has 0 aromatic heterocycles. The lowest BCUT2D eigenvalue weighted by atomic mass is 10.0. The van der Waals surface area contributed by atoms with Crippen LogP contribution >= 0.6 is 0 Å². The Kier molecular flexibility index (Phi) is 7.33. The summed E-state index contributed by atoms with van der Waals surface area (Å²) in [5.74, 6) is -0.478. The molecule has 0 fully saturated rings. The monoisotopic (exact) mass is 341 g/mol. The van der Waals surface area contributed by atoms with E-state index < -0.39 is 0 Å². The lowest BCUT2D eigenvalue weighted by Gasteiger charge is -2.18. The van der Waals surface area contributed by atoms with Crippen molar-refractivity contribution in [1.29, 1.82) is 0 Å².